The predicted octanol–water partition coefficient (Wildman–Crippen LogP) is -6.20. The van der Waals surface area contributed by atoms with Gasteiger partial charge < -0.3 is 9.13 Å². The van der Waals surface area contributed by atoms with E-state index >= 15 is 0 Å². The topological polar surface area (TPSA) is 9.86 Å². The largest absolute Gasteiger partial charge is 0.310 e. The van der Waals surface area contributed by atoms with Crippen LogP contribution in [0, 0.1) is 0 Å². The van der Waals surface area contributed by atoms with Gasteiger partial charge in [-0.05, 0) is 70.8 Å². The second-order valence-electron chi connectivity index (χ2n) is 15.7. The van der Waals surface area contributed by atoms with Crippen molar-refractivity contribution in [3.63, 3.8) is 0 Å². The summed E-state index contributed by atoms with van der Waals surface area (Å²) in [6, 6.07) is 41.0. The van der Waals surface area contributed by atoms with Crippen LogP contribution in [0.3, 0.4) is 0 Å². The first kappa shape index (κ1) is 34.6. The summed E-state index contributed by atoms with van der Waals surface area (Å²) in [7, 11) is 22.7. The van der Waals surface area contributed by atoms with Crippen LogP contribution in [0.4, 0.5) is 0 Å². The van der Waals surface area contributed by atoms with E-state index in [1.165, 1.54) is 132 Å². The van der Waals surface area contributed by atoms with E-state index in [1.807, 2.05) is 0 Å². The molecule has 2 heterocycles. The zero-order valence-electron chi connectivity index (χ0n) is 33.3. The van der Waals surface area contributed by atoms with Crippen molar-refractivity contribution in [3.8, 4) is 33.6 Å². The number of hydrogen-bond acceptors (Lipinski definition) is 0. The molecule has 246 valence electrons. The first-order chi connectivity index (χ1) is 26.0. The van der Waals surface area contributed by atoms with Crippen molar-refractivity contribution < 1.29 is 0 Å². The fourth-order valence-electron chi connectivity index (χ4n) is 9.37. The van der Waals surface area contributed by atoms with Gasteiger partial charge in [0.15, 0.2) is 0 Å². The Morgan fingerprint density at radius 1 is 0.296 bits per heavy atom. The molecule has 2 aromatic heterocycles. The van der Waals surface area contributed by atoms with Crippen LogP contribution >= 0.6 is 0 Å². The molecule has 9 rings (SSSR count). The predicted molar refractivity (Wildman–Crippen MR) is 268 cm³/mol. The Bertz CT molecular complexity index is 3010. The van der Waals surface area contributed by atoms with Gasteiger partial charge in [0.1, 0.15) is 78.5 Å². The van der Waals surface area contributed by atoms with E-state index in [1.54, 1.807) is 0 Å². The minimum Gasteiger partial charge on any atom is -0.310 e. The van der Waals surface area contributed by atoms with E-state index in [4.69, 9.17) is 0 Å². The van der Waals surface area contributed by atoms with Crippen molar-refractivity contribution in [3.05, 3.63) is 109 Å². The summed E-state index contributed by atoms with van der Waals surface area (Å²) in [6.45, 7) is 0. The standard InChI is InChI=1S/C42H38B10N2/c43-32-31(33(44)35(46)36(47)34(32)45)21-6-5-7-22(16-21)53-27-10-3-1-8-23(27)25-17-19(12-14-29(25)53)20-13-15-30-26(18-20)24-9-2-4-11-28(24)54(30)42-40(51)38(49)37(48)39(50)41(42)52/h1-18H,43-52H2. The summed E-state index contributed by atoms with van der Waals surface area (Å²) in [5, 5.41) is 5.10. The molecule has 0 aliphatic heterocycles. The lowest BCUT2D eigenvalue weighted by molar-refractivity contribution is 1.18. The van der Waals surface area contributed by atoms with Crippen molar-refractivity contribution >= 4 is 177 Å². The highest BCUT2D eigenvalue weighted by atomic mass is 15.0. The molecule has 9 aromatic rings. The number of benzene rings is 7. The summed E-state index contributed by atoms with van der Waals surface area (Å²) in [5.41, 5.74) is 26.3. The minimum atomic E-state index is 1.18. The van der Waals surface area contributed by atoms with E-state index in [0.717, 1.165) is 0 Å². The molecule has 0 atom stereocenters. The van der Waals surface area contributed by atoms with Crippen LogP contribution in [0.5, 0.6) is 0 Å². The summed E-state index contributed by atoms with van der Waals surface area (Å²) >= 11 is 0. The summed E-state index contributed by atoms with van der Waals surface area (Å²) in [5.74, 6) is 0. The molecule has 0 amide bonds. The number of rotatable bonds is 4. The number of hydrogen-bond donors (Lipinski definition) is 0. The van der Waals surface area contributed by atoms with Gasteiger partial charge in [-0.2, -0.15) is 0 Å². The van der Waals surface area contributed by atoms with Gasteiger partial charge in [0.2, 0.25) is 0 Å². The van der Waals surface area contributed by atoms with Crippen LogP contribution in [0.1, 0.15) is 0 Å². The smallest absolute Gasteiger partial charge is 0.141 e. The van der Waals surface area contributed by atoms with Gasteiger partial charge in [-0.25, -0.2) is 0 Å². The van der Waals surface area contributed by atoms with Gasteiger partial charge in [-0.15, -0.1) is 21.9 Å². The quantitative estimate of drug-likeness (QED) is 0.164. The molecule has 0 saturated heterocycles. The lowest BCUT2D eigenvalue weighted by Crippen LogP contribution is -2.56. The number of fused-ring (bicyclic) bond motifs is 6. The molecular formula is C42H38B10N2. The average molecular weight is 679 g/mol. The van der Waals surface area contributed by atoms with Gasteiger partial charge in [-0.1, -0.05) is 93.4 Å². The van der Waals surface area contributed by atoms with Crippen molar-refractivity contribution in [1.29, 1.82) is 0 Å². The maximum absolute atomic E-state index is 2.51. The van der Waals surface area contributed by atoms with Crippen LogP contribution in [-0.2, 0) is 0 Å². The van der Waals surface area contributed by atoms with E-state index in [2.05, 4.69) is 197 Å². The van der Waals surface area contributed by atoms with Crippen molar-refractivity contribution in [2.75, 3.05) is 0 Å². The molecule has 0 saturated carbocycles. The molecule has 7 aromatic carbocycles. The fourth-order valence-corrected chi connectivity index (χ4v) is 9.37. The maximum atomic E-state index is 2.51. The summed E-state index contributed by atoms with van der Waals surface area (Å²) in [4.78, 5) is 0. The van der Waals surface area contributed by atoms with Crippen LogP contribution in [0.15, 0.2) is 109 Å². The van der Waals surface area contributed by atoms with Crippen LogP contribution in [0.2, 0.25) is 0 Å². The maximum Gasteiger partial charge on any atom is 0.141 e. The van der Waals surface area contributed by atoms with E-state index < -0.39 is 0 Å². The molecule has 12 heteroatoms. The van der Waals surface area contributed by atoms with Gasteiger partial charge in [0.25, 0.3) is 0 Å². The van der Waals surface area contributed by atoms with Gasteiger partial charge in [0.05, 0.1) is 22.1 Å². The van der Waals surface area contributed by atoms with Crippen molar-refractivity contribution in [2.45, 2.75) is 0 Å². The van der Waals surface area contributed by atoms with Gasteiger partial charge in [0, 0.05) is 32.9 Å². The molecule has 0 unspecified atom stereocenters. The highest BCUT2D eigenvalue weighted by molar-refractivity contribution is 6.69. The highest BCUT2D eigenvalue weighted by Crippen LogP contribution is 2.38. The molecule has 0 spiro atoms. The minimum absolute atomic E-state index is 1.18. The molecule has 0 aliphatic rings. The van der Waals surface area contributed by atoms with E-state index in [0.29, 0.717) is 0 Å². The molecule has 54 heavy (non-hydrogen) atoms. The van der Waals surface area contributed by atoms with Crippen molar-refractivity contribution in [2.24, 2.45) is 0 Å². The second-order valence-corrected chi connectivity index (χ2v) is 15.7. The van der Waals surface area contributed by atoms with E-state index in [9.17, 15) is 0 Å². The highest BCUT2D eigenvalue weighted by Gasteiger charge is 2.20. The Labute approximate surface area is 327 Å². The third kappa shape index (κ3) is 4.95. The zero-order valence-corrected chi connectivity index (χ0v) is 33.3. The number of aromatic nitrogens is 2. The Hall–Kier alpha value is -5.21. The molecule has 0 fully saturated rings. The lowest BCUT2D eigenvalue weighted by atomic mass is 9.59. The average Bonchev–Trinajstić information content (AvgIpc) is 3.70. The normalized spacial score (nSPS) is 11.7. The third-order valence-electron chi connectivity index (χ3n) is 13.3. The fraction of sp³-hybridized carbons (Fsp3) is 0. The second kappa shape index (κ2) is 12.7. The van der Waals surface area contributed by atoms with Crippen LogP contribution in [0.25, 0.3) is 77.2 Å². The van der Waals surface area contributed by atoms with Gasteiger partial charge in [-0.3, -0.25) is 0 Å². The number of para-hydroxylation sites is 2. The Balaban J connectivity index is 1.22. The molecule has 0 aliphatic carbocycles. The monoisotopic (exact) mass is 680 g/mol. The Morgan fingerprint density at radius 3 is 1.26 bits per heavy atom. The van der Waals surface area contributed by atoms with Crippen LogP contribution < -0.4 is 54.6 Å². The van der Waals surface area contributed by atoms with Gasteiger partial charge >= 0.3 is 0 Å². The first-order valence-electron chi connectivity index (χ1n) is 19.3. The van der Waals surface area contributed by atoms with Crippen molar-refractivity contribution in [1.82, 2.24) is 9.13 Å². The van der Waals surface area contributed by atoms with E-state index in [-0.39, 0.29) is 0 Å². The molecule has 2 nitrogen and oxygen atoms in total. The molecule has 0 bridgehead atoms. The SMILES string of the molecule is Bc1c(B)c(B)c(-c2cccc(-n3c4ccccc4c4cc(-c5ccc6c(c5)c5ccccc5n6-c5c(B)c(B)c(B)c(B)c5B)ccc43)c2)c(B)c1B. The third-order valence-corrected chi connectivity index (χ3v) is 13.3. The lowest BCUT2D eigenvalue weighted by Gasteiger charge is -2.22. The summed E-state index contributed by atoms with van der Waals surface area (Å²) in [6.07, 6.45) is 0. The zero-order chi connectivity index (χ0) is 37.7. The molecule has 0 radical (unpaired) electrons. The van der Waals surface area contributed by atoms with Crippen LogP contribution in [-0.4, -0.2) is 87.6 Å². The Morgan fingerprint density at radius 2 is 0.722 bits per heavy atom. The first-order valence-corrected chi connectivity index (χ1v) is 19.3. The number of nitrogens with zero attached hydrogens (tertiary/aromatic N) is 2. The molecular weight excluding hydrogens is 641 g/mol. The molecule has 0 N–H and O–H groups in total. The Kier molecular flexibility index (Phi) is 8.12. The summed E-state index contributed by atoms with van der Waals surface area (Å²) < 4.78 is 4.95.